The topological polar surface area (TPSA) is 84.4 Å². The second-order valence-corrected chi connectivity index (χ2v) is 4.86. The highest BCUT2D eigenvalue weighted by molar-refractivity contribution is 5.75. The van der Waals surface area contributed by atoms with Crippen LogP contribution in [0.25, 0.3) is 0 Å². The summed E-state index contributed by atoms with van der Waals surface area (Å²) >= 11 is 0. The summed E-state index contributed by atoms with van der Waals surface area (Å²) in [6.45, 7) is 0.353. The van der Waals surface area contributed by atoms with E-state index in [9.17, 15) is 18.8 Å². The van der Waals surface area contributed by atoms with Crippen molar-refractivity contribution in [2.45, 2.75) is 6.54 Å². The maximum Gasteiger partial charge on any atom is 0.328 e. The van der Waals surface area contributed by atoms with Crippen LogP contribution in [-0.2, 0) is 11.3 Å². The Morgan fingerprint density at radius 1 is 1.26 bits per heavy atom. The van der Waals surface area contributed by atoms with Gasteiger partial charge in [0.2, 0.25) is 5.91 Å². The number of aromatic nitrogens is 2. The van der Waals surface area contributed by atoms with E-state index < -0.39 is 11.2 Å². The van der Waals surface area contributed by atoms with Gasteiger partial charge in [0.25, 0.3) is 5.56 Å². The van der Waals surface area contributed by atoms with Gasteiger partial charge in [-0.25, -0.2) is 9.18 Å². The molecule has 7 nitrogen and oxygen atoms in total. The minimum absolute atomic E-state index is 0.178. The summed E-state index contributed by atoms with van der Waals surface area (Å²) < 4.78 is 19.3. The summed E-state index contributed by atoms with van der Waals surface area (Å²) in [5.41, 5.74) is -1.15. The summed E-state index contributed by atoms with van der Waals surface area (Å²) in [4.78, 5) is 37.9. The van der Waals surface area contributed by atoms with Crippen LogP contribution in [0.4, 0.5) is 4.39 Å². The summed E-state index contributed by atoms with van der Waals surface area (Å²) in [6.07, 6.45) is 1.27. The molecule has 0 aliphatic carbocycles. The number of benzene rings is 1. The number of aromatic amines is 1. The lowest BCUT2D eigenvalue weighted by atomic mass is 10.3. The lowest BCUT2D eigenvalue weighted by Crippen LogP contribution is -2.37. The molecule has 0 aliphatic heterocycles. The summed E-state index contributed by atoms with van der Waals surface area (Å²) in [6, 6.07) is 6.74. The van der Waals surface area contributed by atoms with Crippen LogP contribution in [0.1, 0.15) is 0 Å². The highest BCUT2D eigenvalue weighted by Gasteiger charge is 2.10. The fourth-order valence-corrected chi connectivity index (χ4v) is 1.79. The molecular weight excluding hydrogens is 305 g/mol. The molecule has 0 unspecified atom stereocenters. The Hall–Kier alpha value is -2.90. The van der Waals surface area contributed by atoms with Gasteiger partial charge in [-0.2, -0.15) is 0 Å². The number of H-pyrrole nitrogens is 1. The molecule has 0 radical (unpaired) electrons. The molecule has 1 N–H and O–H groups in total. The molecule has 0 bridgehead atoms. The fourth-order valence-electron chi connectivity index (χ4n) is 1.79. The summed E-state index contributed by atoms with van der Waals surface area (Å²) in [5, 5.41) is 0. The largest absolute Gasteiger partial charge is 0.492 e. The van der Waals surface area contributed by atoms with E-state index in [1.807, 2.05) is 0 Å². The standard InChI is InChI=1S/C15H16FN3O4/c1-18(8-9-23-12-4-2-11(16)3-5-12)14(21)10-19-7-6-13(20)17-15(19)22/h2-7H,8-10H2,1H3,(H,17,20,22). The Morgan fingerprint density at radius 3 is 2.61 bits per heavy atom. The van der Waals surface area contributed by atoms with Crippen LogP contribution in [0, 0.1) is 5.82 Å². The van der Waals surface area contributed by atoms with Crippen molar-refractivity contribution in [3.63, 3.8) is 0 Å². The summed E-state index contributed by atoms with van der Waals surface area (Å²) in [7, 11) is 1.58. The molecule has 0 aliphatic rings. The van der Waals surface area contributed by atoms with Crippen LogP contribution >= 0.6 is 0 Å². The Morgan fingerprint density at radius 2 is 1.96 bits per heavy atom. The smallest absolute Gasteiger partial charge is 0.328 e. The number of hydrogen-bond acceptors (Lipinski definition) is 4. The molecule has 2 rings (SSSR count). The minimum atomic E-state index is -0.637. The zero-order chi connectivity index (χ0) is 16.8. The molecule has 0 saturated heterocycles. The Bertz CT molecular complexity index is 782. The highest BCUT2D eigenvalue weighted by atomic mass is 19.1. The van der Waals surface area contributed by atoms with Gasteiger partial charge in [0, 0.05) is 19.3 Å². The number of halogens is 1. The molecule has 1 heterocycles. The molecule has 2 aromatic rings. The van der Waals surface area contributed by atoms with Crippen molar-refractivity contribution in [1.82, 2.24) is 14.5 Å². The third kappa shape index (κ3) is 4.80. The number of nitrogens with zero attached hydrogens (tertiary/aromatic N) is 2. The molecular formula is C15H16FN3O4. The first kappa shape index (κ1) is 16.5. The van der Waals surface area contributed by atoms with E-state index >= 15 is 0 Å². The quantitative estimate of drug-likeness (QED) is 0.824. The van der Waals surface area contributed by atoms with E-state index in [1.165, 1.54) is 41.4 Å². The van der Waals surface area contributed by atoms with E-state index in [4.69, 9.17) is 4.74 Å². The predicted octanol–water partition coefficient (Wildman–Crippen LogP) is 0.213. The third-order valence-corrected chi connectivity index (χ3v) is 3.14. The van der Waals surface area contributed by atoms with Crippen molar-refractivity contribution in [1.29, 1.82) is 0 Å². The second-order valence-electron chi connectivity index (χ2n) is 4.86. The normalized spacial score (nSPS) is 10.3. The van der Waals surface area contributed by atoms with Crippen molar-refractivity contribution in [2.24, 2.45) is 0 Å². The van der Waals surface area contributed by atoms with Crippen LogP contribution in [0.2, 0.25) is 0 Å². The molecule has 0 spiro atoms. The first-order chi connectivity index (χ1) is 11.0. The zero-order valence-corrected chi connectivity index (χ0v) is 12.5. The minimum Gasteiger partial charge on any atom is -0.492 e. The number of ether oxygens (including phenoxy) is 1. The van der Waals surface area contributed by atoms with Gasteiger partial charge in [0.1, 0.15) is 24.7 Å². The van der Waals surface area contributed by atoms with Gasteiger partial charge in [-0.1, -0.05) is 0 Å². The fraction of sp³-hybridized carbons (Fsp3) is 0.267. The molecule has 0 fully saturated rings. The lowest BCUT2D eigenvalue weighted by Gasteiger charge is -2.18. The van der Waals surface area contributed by atoms with E-state index in [0.29, 0.717) is 12.3 Å². The molecule has 0 saturated carbocycles. The van der Waals surface area contributed by atoms with Gasteiger partial charge < -0.3 is 9.64 Å². The van der Waals surface area contributed by atoms with Crippen LogP contribution in [0.3, 0.4) is 0 Å². The maximum atomic E-state index is 12.7. The zero-order valence-electron chi connectivity index (χ0n) is 12.5. The average molecular weight is 321 g/mol. The average Bonchev–Trinajstić information content (AvgIpc) is 2.51. The van der Waals surface area contributed by atoms with Crippen molar-refractivity contribution in [3.8, 4) is 5.75 Å². The number of carbonyl (C=O) groups is 1. The van der Waals surface area contributed by atoms with E-state index in [1.54, 1.807) is 7.05 Å². The van der Waals surface area contributed by atoms with Gasteiger partial charge in [0.15, 0.2) is 0 Å². The Balaban J connectivity index is 1.84. The number of nitrogens with one attached hydrogen (secondary N) is 1. The van der Waals surface area contributed by atoms with Gasteiger partial charge >= 0.3 is 5.69 Å². The summed E-state index contributed by atoms with van der Waals surface area (Å²) in [5.74, 6) is -0.151. The molecule has 23 heavy (non-hydrogen) atoms. The number of rotatable bonds is 6. The van der Waals surface area contributed by atoms with E-state index in [-0.39, 0.29) is 24.9 Å². The maximum absolute atomic E-state index is 12.7. The second kappa shape index (κ2) is 7.39. The van der Waals surface area contributed by atoms with Crippen molar-refractivity contribution < 1.29 is 13.9 Å². The highest BCUT2D eigenvalue weighted by Crippen LogP contribution is 2.10. The van der Waals surface area contributed by atoms with Crippen molar-refractivity contribution in [2.75, 3.05) is 20.2 Å². The number of hydrogen-bond donors (Lipinski definition) is 1. The predicted molar refractivity (Wildman–Crippen MR) is 80.9 cm³/mol. The number of amides is 1. The van der Waals surface area contributed by atoms with Gasteiger partial charge in [0.05, 0.1) is 6.54 Å². The van der Waals surface area contributed by atoms with E-state index in [2.05, 4.69) is 4.98 Å². The van der Waals surface area contributed by atoms with Gasteiger partial charge in [-0.3, -0.25) is 19.1 Å². The SMILES string of the molecule is CN(CCOc1ccc(F)cc1)C(=O)Cn1ccc(=O)[nH]c1=O. The molecule has 1 aromatic carbocycles. The Kier molecular flexibility index (Phi) is 5.29. The van der Waals surface area contributed by atoms with Crippen LogP contribution in [0.5, 0.6) is 5.75 Å². The number of carbonyl (C=O) groups excluding carboxylic acids is 1. The first-order valence-electron chi connectivity index (χ1n) is 6.88. The van der Waals surface area contributed by atoms with Crippen LogP contribution in [-0.4, -0.2) is 40.6 Å². The monoisotopic (exact) mass is 321 g/mol. The molecule has 0 atom stereocenters. The molecule has 1 aromatic heterocycles. The van der Waals surface area contributed by atoms with Crippen molar-refractivity contribution in [3.05, 3.63) is 63.2 Å². The van der Waals surface area contributed by atoms with Crippen molar-refractivity contribution >= 4 is 5.91 Å². The number of likely N-dealkylation sites (N-methyl/N-ethyl adjacent to an activating group) is 1. The van der Waals surface area contributed by atoms with Crippen LogP contribution in [0.15, 0.2) is 46.1 Å². The van der Waals surface area contributed by atoms with Gasteiger partial charge in [-0.15, -0.1) is 0 Å². The Labute approximate surface area is 130 Å². The van der Waals surface area contributed by atoms with Gasteiger partial charge in [-0.05, 0) is 24.3 Å². The molecule has 122 valence electrons. The molecule has 8 heteroatoms. The van der Waals surface area contributed by atoms with Crippen LogP contribution < -0.4 is 16.0 Å². The lowest BCUT2D eigenvalue weighted by molar-refractivity contribution is -0.130. The molecule has 1 amide bonds. The first-order valence-corrected chi connectivity index (χ1v) is 6.88. The van der Waals surface area contributed by atoms with E-state index in [0.717, 1.165) is 4.57 Å². The third-order valence-electron chi connectivity index (χ3n) is 3.14.